The van der Waals surface area contributed by atoms with Crippen molar-refractivity contribution in [3.05, 3.63) is 29.3 Å². The van der Waals surface area contributed by atoms with Gasteiger partial charge in [0.1, 0.15) is 5.75 Å². The molecule has 1 aromatic carbocycles. The van der Waals surface area contributed by atoms with Crippen LogP contribution in [0.1, 0.15) is 37.0 Å². The SMILES string of the molecule is COC(=O)CCCOc1ccc(C)cc1C(C)O. The summed E-state index contributed by atoms with van der Waals surface area (Å²) < 4.78 is 10.1. The molecule has 4 heteroatoms. The van der Waals surface area contributed by atoms with Crippen molar-refractivity contribution < 1.29 is 19.4 Å². The summed E-state index contributed by atoms with van der Waals surface area (Å²) in [5, 5.41) is 9.66. The number of benzene rings is 1. The van der Waals surface area contributed by atoms with Crippen molar-refractivity contribution in [2.24, 2.45) is 0 Å². The van der Waals surface area contributed by atoms with Crippen LogP contribution in [0, 0.1) is 6.92 Å². The molecule has 1 rings (SSSR count). The number of carbonyl (C=O) groups excluding carboxylic acids is 1. The third kappa shape index (κ3) is 4.37. The number of rotatable bonds is 6. The predicted molar refractivity (Wildman–Crippen MR) is 68.6 cm³/mol. The van der Waals surface area contributed by atoms with Crippen molar-refractivity contribution in [2.45, 2.75) is 32.8 Å². The van der Waals surface area contributed by atoms with Crippen molar-refractivity contribution in [1.82, 2.24) is 0 Å². The molecule has 0 saturated heterocycles. The molecule has 1 unspecified atom stereocenters. The zero-order chi connectivity index (χ0) is 13.5. The first-order valence-electron chi connectivity index (χ1n) is 6.03. The molecule has 0 aliphatic heterocycles. The van der Waals surface area contributed by atoms with Crippen LogP contribution in [0.5, 0.6) is 5.75 Å². The maximum absolute atomic E-state index is 10.9. The van der Waals surface area contributed by atoms with Crippen LogP contribution in [0.15, 0.2) is 18.2 Å². The average molecular weight is 252 g/mol. The third-order valence-corrected chi connectivity index (χ3v) is 2.63. The van der Waals surface area contributed by atoms with Gasteiger partial charge < -0.3 is 14.6 Å². The maximum atomic E-state index is 10.9. The van der Waals surface area contributed by atoms with Crippen LogP contribution >= 0.6 is 0 Å². The van der Waals surface area contributed by atoms with Gasteiger partial charge in [-0.15, -0.1) is 0 Å². The van der Waals surface area contributed by atoms with E-state index >= 15 is 0 Å². The molecule has 0 fully saturated rings. The minimum absolute atomic E-state index is 0.238. The molecule has 0 bridgehead atoms. The van der Waals surface area contributed by atoms with Gasteiger partial charge in [0.2, 0.25) is 0 Å². The summed E-state index contributed by atoms with van der Waals surface area (Å²) >= 11 is 0. The van der Waals surface area contributed by atoms with E-state index in [9.17, 15) is 9.90 Å². The Morgan fingerprint density at radius 3 is 2.78 bits per heavy atom. The van der Waals surface area contributed by atoms with E-state index in [0.717, 1.165) is 11.1 Å². The van der Waals surface area contributed by atoms with Crippen molar-refractivity contribution in [2.75, 3.05) is 13.7 Å². The molecule has 0 amide bonds. The number of aryl methyl sites for hydroxylation is 1. The topological polar surface area (TPSA) is 55.8 Å². The first-order chi connectivity index (χ1) is 8.54. The Bertz CT molecular complexity index is 399. The van der Waals surface area contributed by atoms with Crippen LogP contribution in [0.4, 0.5) is 0 Å². The van der Waals surface area contributed by atoms with Gasteiger partial charge >= 0.3 is 5.97 Å². The molecule has 4 nitrogen and oxygen atoms in total. The Balaban J connectivity index is 2.54. The second-order valence-electron chi connectivity index (χ2n) is 4.25. The second-order valence-corrected chi connectivity index (χ2v) is 4.25. The van der Waals surface area contributed by atoms with Crippen LogP contribution in [0.25, 0.3) is 0 Å². The fourth-order valence-electron chi connectivity index (χ4n) is 1.63. The zero-order valence-electron chi connectivity index (χ0n) is 11.1. The lowest BCUT2D eigenvalue weighted by Crippen LogP contribution is -2.06. The summed E-state index contributed by atoms with van der Waals surface area (Å²) in [4.78, 5) is 10.9. The molecule has 100 valence electrons. The first-order valence-corrected chi connectivity index (χ1v) is 6.03. The van der Waals surface area contributed by atoms with E-state index in [-0.39, 0.29) is 5.97 Å². The Morgan fingerprint density at radius 2 is 2.17 bits per heavy atom. The van der Waals surface area contributed by atoms with Crippen LogP contribution in [0.3, 0.4) is 0 Å². The number of aliphatic hydroxyl groups is 1. The Morgan fingerprint density at radius 1 is 1.44 bits per heavy atom. The molecular formula is C14H20O4. The number of hydrogen-bond donors (Lipinski definition) is 1. The number of aliphatic hydroxyl groups excluding tert-OH is 1. The lowest BCUT2D eigenvalue weighted by atomic mass is 10.1. The Hall–Kier alpha value is -1.55. The molecule has 1 atom stereocenters. The van der Waals surface area contributed by atoms with Crippen molar-refractivity contribution in [3.63, 3.8) is 0 Å². The molecule has 0 aliphatic carbocycles. The van der Waals surface area contributed by atoms with E-state index in [1.807, 2.05) is 25.1 Å². The first kappa shape index (κ1) is 14.5. The summed E-state index contributed by atoms with van der Waals surface area (Å²) in [6.07, 6.45) is 0.368. The van der Waals surface area contributed by atoms with Crippen LogP contribution in [-0.2, 0) is 9.53 Å². The monoisotopic (exact) mass is 252 g/mol. The normalized spacial score (nSPS) is 12.0. The second kappa shape index (κ2) is 7.01. The van der Waals surface area contributed by atoms with Crippen molar-refractivity contribution in [3.8, 4) is 5.75 Å². The van der Waals surface area contributed by atoms with Crippen LogP contribution in [-0.4, -0.2) is 24.8 Å². The number of methoxy groups -OCH3 is 1. The maximum Gasteiger partial charge on any atom is 0.305 e. The van der Waals surface area contributed by atoms with E-state index in [1.165, 1.54) is 7.11 Å². The lowest BCUT2D eigenvalue weighted by molar-refractivity contribution is -0.140. The molecule has 0 radical (unpaired) electrons. The summed E-state index contributed by atoms with van der Waals surface area (Å²) in [7, 11) is 1.37. The number of esters is 1. The quantitative estimate of drug-likeness (QED) is 0.624. The molecule has 0 spiro atoms. The van der Waals surface area contributed by atoms with E-state index < -0.39 is 6.10 Å². The molecule has 18 heavy (non-hydrogen) atoms. The van der Waals surface area contributed by atoms with E-state index in [4.69, 9.17) is 4.74 Å². The molecule has 0 heterocycles. The van der Waals surface area contributed by atoms with Crippen molar-refractivity contribution >= 4 is 5.97 Å². The van der Waals surface area contributed by atoms with Gasteiger partial charge in [0.05, 0.1) is 19.8 Å². The standard InChI is InChI=1S/C14H20O4/c1-10-6-7-13(12(9-10)11(2)15)18-8-4-5-14(16)17-3/h6-7,9,11,15H,4-5,8H2,1-3H3. The molecule has 0 aliphatic rings. The number of hydrogen-bond acceptors (Lipinski definition) is 4. The van der Waals surface area contributed by atoms with Gasteiger partial charge in [0, 0.05) is 12.0 Å². The fourth-order valence-corrected chi connectivity index (χ4v) is 1.63. The molecular weight excluding hydrogens is 232 g/mol. The van der Waals surface area contributed by atoms with Crippen LogP contribution in [0.2, 0.25) is 0 Å². The zero-order valence-corrected chi connectivity index (χ0v) is 11.1. The van der Waals surface area contributed by atoms with Gasteiger partial charge in [-0.25, -0.2) is 0 Å². The highest BCUT2D eigenvalue weighted by Crippen LogP contribution is 2.26. The minimum atomic E-state index is -0.569. The summed E-state index contributed by atoms with van der Waals surface area (Å²) in [6, 6.07) is 5.68. The number of carbonyl (C=O) groups is 1. The predicted octanol–water partition coefficient (Wildman–Crippen LogP) is 2.38. The molecule has 0 aromatic heterocycles. The van der Waals surface area contributed by atoms with E-state index in [0.29, 0.717) is 25.2 Å². The lowest BCUT2D eigenvalue weighted by Gasteiger charge is -2.14. The van der Waals surface area contributed by atoms with Gasteiger partial charge in [-0.3, -0.25) is 4.79 Å². The van der Waals surface area contributed by atoms with Crippen LogP contribution < -0.4 is 4.74 Å². The largest absolute Gasteiger partial charge is 0.493 e. The summed E-state index contributed by atoms with van der Waals surface area (Å²) in [5.41, 5.74) is 1.85. The van der Waals surface area contributed by atoms with Gasteiger partial charge in [0.15, 0.2) is 0 Å². The molecule has 0 saturated carbocycles. The molecule has 1 aromatic rings. The van der Waals surface area contributed by atoms with Crippen molar-refractivity contribution in [1.29, 1.82) is 0 Å². The highest BCUT2D eigenvalue weighted by atomic mass is 16.5. The molecule has 1 N–H and O–H groups in total. The Kier molecular flexibility index (Phi) is 5.65. The highest BCUT2D eigenvalue weighted by Gasteiger charge is 2.09. The van der Waals surface area contributed by atoms with E-state index in [2.05, 4.69) is 4.74 Å². The average Bonchev–Trinajstić information content (AvgIpc) is 2.35. The minimum Gasteiger partial charge on any atom is -0.493 e. The number of ether oxygens (including phenoxy) is 2. The summed E-state index contributed by atoms with van der Waals surface area (Å²) in [6.45, 7) is 4.10. The van der Waals surface area contributed by atoms with E-state index in [1.54, 1.807) is 6.92 Å². The summed E-state index contributed by atoms with van der Waals surface area (Å²) in [5.74, 6) is 0.429. The van der Waals surface area contributed by atoms with Gasteiger partial charge in [0.25, 0.3) is 0 Å². The van der Waals surface area contributed by atoms with Gasteiger partial charge in [-0.1, -0.05) is 11.6 Å². The third-order valence-electron chi connectivity index (χ3n) is 2.63. The van der Waals surface area contributed by atoms with Gasteiger partial charge in [-0.2, -0.15) is 0 Å². The van der Waals surface area contributed by atoms with Gasteiger partial charge in [-0.05, 0) is 32.4 Å². The highest BCUT2D eigenvalue weighted by molar-refractivity contribution is 5.69. The smallest absolute Gasteiger partial charge is 0.305 e. The Labute approximate surface area is 108 Å². The fraction of sp³-hybridized carbons (Fsp3) is 0.500.